The molecule has 0 fully saturated rings. The summed E-state index contributed by atoms with van der Waals surface area (Å²) < 4.78 is 0. The van der Waals surface area contributed by atoms with Crippen LogP contribution < -0.4 is 5.73 Å². The van der Waals surface area contributed by atoms with Gasteiger partial charge in [-0.2, -0.15) is 11.8 Å². The van der Waals surface area contributed by atoms with Crippen molar-refractivity contribution in [2.24, 2.45) is 10.9 Å². The highest BCUT2D eigenvalue weighted by Gasteiger charge is 2.00. The summed E-state index contributed by atoms with van der Waals surface area (Å²) in [5, 5.41) is 20.2. The number of amidine groups is 1. The highest BCUT2D eigenvalue weighted by atomic mass is 32.2. The zero-order chi connectivity index (χ0) is 11.8. The summed E-state index contributed by atoms with van der Waals surface area (Å²) in [6, 6.07) is 7.59. The minimum Gasteiger partial charge on any atom is -0.409 e. The Kier molecular flexibility index (Phi) is 5.74. The van der Waals surface area contributed by atoms with E-state index in [1.165, 1.54) is 0 Å². The molecule has 5 heteroatoms. The predicted molar refractivity (Wildman–Crippen MR) is 66.8 cm³/mol. The maximum Gasteiger partial charge on any atom is 0.170 e. The van der Waals surface area contributed by atoms with E-state index in [2.05, 4.69) is 5.16 Å². The van der Waals surface area contributed by atoms with Gasteiger partial charge >= 0.3 is 0 Å². The van der Waals surface area contributed by atoms with Crippen molar-refractivity contribution in [3.8, 4) is 0 Å². The van der Waals surface area contributed by atoms with Crippen LogP contribution in [-0.2, 0) is 5.75 Å². The number of aliphatic hydroxyl groups excluding tert-OH is 1. The van der Waals surface area contributed by atoms with E-state index in [0.717, 1.165) is 29.1 Å². The zero-order valence-corrected chi connectivity index (χ0v) is 9.78. The smallest absolute Gasteiger partial charge is 0.170 e. The number of nitrogens with two attached hydrogens (primary N) is 1. The second kappa shape index (κ2) is 7.14. The topological polar surface area (TPSA) is 78.8 Å². The Morgan fingerprint density at radius 2 is 2.25 bits per heavy atom. The summed E-state index contributed by atoms with van der Waals surface area (Å²) in [7, 11) is 0. The van der Waals surface area contributed by atoms with Crippen LogP contribution in [0, 0.1) is 0 Å². The van der Waals surface area contributed by atoms with Gasteiger partial charge < -0.3 is 16.0 Å². The van der Waals surface area contributed by atoms with Crippen molar-refractivity contribution in [2.45, 2.75) is 12.2 Å². The lowest BCUT2D eigenvalue weighted by Gasteiger charge is -2.03. The van der Waals surface area contributed by atoms with Crippen LogP contribution in [0.4, 0.5) is 0 Å². The molecule has 88 valence electrons. The van der Waals surface area contributed by atoms with Crippen molar-refractivity contribution < 1.29 is 10.3 Å². The van der Waals surface area contributed by atoms with Gasteiger partial charge in [0, 0.05) is 17.9 Å². The largest absolute Gasteiger partial charge is 0.409 e. The minimum absolute atomic E-state index is 0.127. The molecule has 0 aliphatic heterocycles. The molecule has 0 aromatic heterocycles. The number of oxime groups is 1. The first-order chi connectivity index (χ1) is 7.77. The molecule has 0 aliphatic rings. The van der Waals surface area contributed by atoms with Crippen LogP contribution >= 0.6 is 11.8 Å². The Morgan fingerprint density at radius 1 is 1.44 bits per heavy atom. The highest BCUT2D eigenvalue weighted by molar-refractivity contribution is 7.98. The molecule has 0 atom stereocenters. The van der Waals surface area contributed by atoms with Crippen LogP contribution in [0.3, 0.4) is 0 Å². The fourth-order valence-corrected chi connectivity index (χ4v) is 2.13. The van der Waals surface area contributed by atoms with E-state index in [4.69, 9.17) is 16.0 Å². The molecule has 0 radical (unpaired) electrons. The number of hydrogen-bond acceptors (Lipinski definition) is 4. The van der Waals surface area contributed by atoms with Gasteiger partial charge in [-0.15, -0.1) is 0 Å². The van der Waals surface area contributed by atoms with Crippen LogP contribution in [0.25, 0.3) is 0 Å². The second-order valence-corrected chi connectivity index (χ2v) is 4.42. The quantitative estimate of drug-likeness (QED) is 0.231. The minimum atomic E-state index is 0.127. The van der Waals surface area contributed by atoms with Crippen molar-refractivity contribution in [3.05, 3.63) is 35.4 Å². The SMILES string of the molecule is NC(=NO)c1cccc(CSCCCO)c1. The molecule has 4 nitrogen and oxygen atoms in total. The molecule has 1 aromatic rings. The molecule has 0 aliphatic carbocycles. The lowest BCUT2D eigenvalue weighted by atomic mass is 10.1. The molecule has 4 N–H and O–H groups in total. The summed E-state index contributed by atoms with van der Waals surface area (Å²) >= 11 is 1.76. The van der Waals surface area contributed by atoms with Gasteiger partial charge in [0.05, 0.1) is 0 Å². The van der Waals surface area contributed by atoms with E-state index in [9.17, 15) is 0 Å². The molecule has 0 saturated carbocycles. The molecule has 16 heavy (non-hydrogen) atoms. The average Bonchev–Trinajstić information content (AvgIpc) is 2.34. The Labute approximate surface area is 99.2 Å². The molecule has 1 aromatic carbocycles. The number of benzene rings is 1. The monoisotopic (exact) mass is 240 g/mol. The third kappa shape index (κ3) is 4.12. The van der Waals surface area contributed by atoms with Gasteiger partial charge in [-0.3, -0.25) is 0 Å². The molecular formula is C11H16N2O2S. The Hall–Kier alpha value is -1.20. The van der Waals surface area contributed by atoms with Crippen molar-refractivity contribution >= 4 is 17.6 Å². The van der Waals surface area contributed by atoms with E-state index in [-0.39, 0.29) is 12.4 Å². The number of thioether (sulfide) groups is 1. The summed E-state index contributed by atoms with van der Waals surface area (Å²) in [5.74, 6) is 1.93. The van der Waals surface area contributed by atoms with Gasteiger partial charge in [0.1, 0.15) is 0 Å². The van der Waals surface area contributed by atoms with Crippen LogP contribution in [0.2, 0.25) is 0 Å². The van der Waals surface area contributed by atoms with Crippen molar-refractivity contribution in [3.63, 3.8) is 0 Å². The fraction of sp³-hybridized carbons (Fsp3) is 0.364. The molecule has 0 amide bonds. The van der Waals surface area contributed by atoms with Gasteiger partial charge in [0.25, 0.3) is 0 Å². The van der Waals surface area contributed by atoms with Crippen LogP contribution in [0.5, 0.6) is 0 Å². The van der Waals surface area contributed by atoms with Gasteiger partial charge in [-0.25, -0.2) is 0 Å². The zero-order valence-electron chi connectivity index (χ0n) is 8.97. The maximum absolute atomic E-state index is 8.64. The first kappa shape index (κ1) is 12.9. The first-order valence-corrected chi connectivity index (χ1v) is 6.19. The Morgan fingerprint density at radius 3 is 2.94 bits per heavy atom. The maximum atomic E-state index is 8.64. The lowest BCUT2D eigenvalue weighted by Crippen LogP contribution is -2.13. The van der Waals surface area contributed by atoms with Gasteiger partial charge in [0.2, 0.25) is 0 Å². The van der Waals surface area contributed by atoms with Crippen molar-refractivity contribution in [1.82, 2.24) is 0 Å². The van der Waals surface area contributed by atoms with Gasteiger partial charge in [-0.05, 0) is 23.8 Å². The number of rotatable bonds is 6. The van der Waals surface area contributed by atoms with Crippen LogP contribution in [0.15, 0.2) is 29.4 Å². The van der Waals surface area contributed by atoms with E-state index in [1.807, 2.05) is 18.2 Å². The summed E-state index contributed by atoms with van der Waals surface area (Å²) in [5.41, 5.74) is 7.36. The second-order valence-electron chi connectivity index (χ2n) is 3.32. The Balaban J connectivity index is 2.54. The van der Waals surface area contributed by atoms with E-state index in [1.54, 1.807) is 17.8 Å². The van der Waals surface area contributed by atoms with Crippen LogP contribution in [0.1, 0.15) is 17.5 Å². The highest BCUT2D eigenvalue weighted by Crippen LogP contribution is 2.14. The average molecular weight is 240 g/mol. The third-order valence-corrected chi connectivity index (χ3v) is 3.16. The molecule has 0 heterocycles. The normalized spacial score (nSPS) is 11.7. The van der Waals surface area contributed by atoms with Crippen molar-refractivity contribution in [1.29, 1.82) is 0 Å². The van der Waals surface area contributed by atoms with Crippen molar-refractivity contribution in [2.75, 3.05) is 12.4 Å². The molecule has 0 saturated heterocycles. The summed E-state index contributed by atoms with van der Waals surface area (Å²) in [4.78, 5) is 0. The van der Waals surface area contributed by atoms with E-state index < -0.39 is 0 Å². The van der Waals surface area contributed by atoms with Gasteiger partial charge in [-0.1, -0.05) is 23.4 Å². The van der Waals surface area contributed by atoms with Crippen LogP contribution in [-0.4, -0.2) is 28.5 Å². The molecule has 0 spiro atoms. The summed E-state index contributed by atoms with van der Waals surface area (Å²) in [6.07, 6.45) is 0.810. The Bertz CT molecular complexity index is 356. The van der Waals surface area contributed by atoms with E-state index >= 15 is 0 Å². The molecular weight excluding hydrogens is 224 g/mol. The first-order valence-electron chi connectivity index (χ1n) is 5.03. The number of hydrogen-bond donors (Lipinski definition) is 3. The number of aliphatic hydroxyl groups is 1. The molecule has 0 unspecified atom stereocenters. The molecule has 1 rings (SSSR count). The van der Waals surface area contributed by atoms with Gasteiger partial charge in [0.15, 0.2) is 5.84 Å². The van der Waals surface area contributed by atoms with E-state index in [0.29, 0.717) is 0 Å². The fourth-order valence-electron chi connectivity index (χ4n) is 1.23. The third-order valence-electron chi connectivity index (χ3n) is 2.05. The molecule has 0 bridgehead atoms. The standard InChI is InChI=1S/C11H16N2O2S/c12-11(13-15)10-4-1-3-9(7-10)8-16-6-2-5-14/h1,3-4,7,14-15H,2,5-6,8H2,(H2,12,13). The number of nitrogens with zero attached hydrogens (tertiary/aromatic N) is 1. The lowest BCUT2D eigenvalue weighted by molar-refractivity contribution is 0.296. The predicted octanol–water partition coefficient (Wildman–Crippen LogP) is 1.40. The summed E-state index contributed by atoms with van der Waals surface area (Å²) in [6.45, 7) is 0.233.